The summed E-state index contributed by atoms with van der Waals surface area (Å²) in [5.74, 6) is 0. The van der Waals surface area contributed by atoms with Crippen LogP contribution in [0.15, 0.2) is 18.0 Å². The Morgan fingerprint density at radius 3 is 2.74 bits per heavy atom. The van der Waals surface area contributed by atoms with E-state index in [9.17, 15) is 18.3 Å². The molecule has 0 spiro atoms. The molecular weight excluding hydrogens is 376 g/mol. The number of rotatable bonds is 5. The van der Waals surface area contributed by atoms with Gasteiger partial charge in [-0.3, -0.25) is 4.68 Å². The molecule has 0 saturated heterocycles. The number of hydrogen-bond donors (Lipinski definition) is 3. The van der Waals surface area contributed by atoms with Crippen molar-refractivity contribution in [3.05, 3.63) is 27.2 Å². The van der Waals surface area contributed by atoms with Crippen LogP contribution in [0.25, 0.3) is 0 Å². The molecule has 1 rings (SSSR count). The fraction of sp³-hybridized carbons (Fsp3) is 0.400. The molecule has 0 radical (unpaired) electrons. The number of aliphatic hydroxyl groups excluding tert-OH is 1. The first kappa shape index (κ1) is 16.0. The average Bonchev–Trinajstić information content (AvgIpc) is 2.62. The summed E-state index contributed by atoms with van der Waals surface area (Å²) in [5, 5.41) is 23.2. The summed E-state index contributed by atoms with van der Waals surface area (Å²) in [7, 11) is 1.66. The molecule has 1 unspecified atom stereocenters. The van der Waals surface area contributed by atoms with Gasteiger partial charge in [0.05, 0.1) is 0 Å². The van der Waals surface area contributed by atoms with Gasteiger partial charge < -0.3 is 15.8 Å². The Morgan fingerprint density at radius 1 is 1.68 bits per heavy atom. The van der Waals surface area contributed by atoms with E-state index in [1.165, 1.54) is 4.68 Å². The molecule has 0 saturated carbocycles. The van der Waals surface area contributed by atoms with Gasteiger partial charge in [0.15, 0.2) is 0 Å². The van der Waals surface area contributed by atoms with E-state index in [4.69, 9.17) is 5.41 Å². The molecule has 19 heavy (non-hydrogen) atoms. The zero-order valence-electron chi connectivity index (χ0n) is 9.87. The molecule has 0 aliphatic heterocycles. The number of halogens is 4. The molecule has 9 heteroatoms. The Balaban J connectivity index is 2.82. The van der Waals surface area contributed by atoms with Gasteiger partial charge in [-0.15, -0.1) is 0 Å². The minimum atomic E-state index is -4.35. The Labute approximate surface area is 121 Å². The first-order valence-electron chi connectivity index (χ1n) is 5.12. The van der Waals surface area contributed by atoms with Crippen molar-refractivity contribution < 1.29 is 18.3 Å². The maximum Gasteiger partial charge on any atom is 0.405 e. The molecule has 1 atom stereocenters. The van der Waals surface area contributed by atoms with E-state index in [1.54, 1.807) is 13.2 Å². The average molecular weight is 388 g/mol. The monoisotopic (exact) mass is 388 g/mol. The Kier molecular flexibility index (Phi) is 5.35. The highest BCUT2D eigenvalue weighted by Gasteiger charge is 2.26. The highest BCUT2D eigenvalue weighted by atomic mass is 127. The summed E-state index contributed by atoms with van der Waals surface area (Å²) in [4.78, 5) is 0. The number of nitrogens with one attached hydrogen (secondary N) is 2. The van der Waals surface area contributed by atoms with Crippen molar-refractivity contribution in [2.24, 2.45) is 7.05 Å². The van der Waals surface area contributed by atoms with Crippen molar-refractivity contribution in [3.63, 3.8) is 0 Å². The Hall–Kier alpha value is -1.10. The second-order valence-electron chi connectivity index (χ2n) is 3.74. The lowest BCUT2D eigenvalue weighted by molar-refractivity contribution is -0.122. The predicted molar refractivity (Wildman–Crippen MR) is 71.8 cm³/mol. The van der Waals surface area contributed by atoms with Crippen LogP contribution >= 0.6 is 22.6 Å². The molecule has 0 aliphatic rings. The summed E-state index contributed by atoms with van der Waals surface area (Å²) >= 11 is 1.90. The van der Waals surface area contributed by atoms with Crippen molar-refractivity contribution in [1.29, 1.82) is 5.41 Å². The van der Waals surface area contributed by atoms with Crippen molar-refractivity contribution in [2.45, 2.75) is 12.3 Å². The molecular formula is C10H12F3IN4O. The Morgan fingerprint density at radius 2 is 2.32 bits per heavy atom. The van der Waals surface area contributed by atoms with Crippen LogP contribution in [0, 0.1) is 9.11 Å². The van der Waals surface area contributed by atoms with Crippen molar-refractivity contribution in [2.75, 3.05) is 6.54 Å². The third-order valence-corrected chi connectivity index (χ3v) is 3.00. The summed E-state index contributed by atoms with van der Waals surface area (Å²) in [5.41, 5.74) is 0.460. The second-order valence-corrected chi connectivity index (χ2v) is 4.76. The van der Waals surface area contributed by atoms with Gasteiger partial charge in [-0.25, -0.2) is 0 Å². The molecule has 0 fully saturated rings. The minimum absolute atomic E-state index is 0.0233. The number of nitrogens with zero attached hydrogens (tertiary/aromatic N) is 2. The largest absolute Gasteiger partial charge is 0.405 e. The van der Waals surface area contributed by atoms with Gasteiger partial charge in [-0.05, 0) is 22.6 Å². The quantitative estimate of drug-likeness (QED) is 0.532. The lowest BCUT2D eigenvalue weighted by Crippen LogP contribution is -2.25. The highest BCUT2D eigenvalue weighted by Crippen LogP contribution is 2.24. The van der Waals surface area contributed by atoms with Crippen molar-refractivity contribution in [1.82, 2.24) is 15.1 Å². The van der Waals surface area contributed by atoms with Gasteiger partial charge in [0.2, 0.25) is 0 Å². The van der Waals surface area contributed by atoms with Crippen LogP contribution in [0.3, 0.4) is 0 Å². The van der Waals surface area contributed by atoms with Crippen LogP contribution in [0.2, 0.25) is 0 Å². The number of alkyl halides is 3. The summed E-state index contributed by atoms with van der Waals surface area (Å²) in [6.07, 6.45) is -2.21. The zero-order chi connectivity index (χ0) is 14.6. The molecule has 0 aromatic carbocycles. The van der Waals surface area contributed by atoms with Crippen molar-refractivity contribution in [3.8, 4) is 0 Å². The maximum absolute atomic E-state index is 12.0. The second kappa shape index (κ2) is 6.37. The predicted octanol–water partition coefficient (Wildman–Crippen LogP) is 1.74. The fourth-order valence-corrected chi connectivity index (χ4v) is 2.10. The van der Waals surface area contributed by atoms with E-state index in [0.29, 0.717) is 9.26 Å². The third-order valence-electron chi connectivity index (χ3n) is 2.16. The van der Waals surface area contributed by atoms with Crippen LogP contribution in [0.1, 0.15) is 11.7 Å². The van der Waals surface area contributed by atoms with Gasteiger partial charge >= 0.3 is 6.18 Å². The number of hydrogen-bond acceptors (Lipinski definition) is 4. The highest BCUT2D eigenvalue weighted by molar-refractivity contribution is 14.1. The molecule has 106 valence electrons. The van der Waals surface area contributed by atoms with Crippen LogP contribution in [0.5, 0.6) is 0 Å². The van der Waals surface area contributed by atoms with Gasteiger partial charge in [0.25, 0.3) is 0 Å². The Bertz CT molecular complexity index is 484. The van der Waals surface area contributed by atoms with Crippen LogP contribution in [-0.4, -0.2) is 33.8 Å². The first-order chi connectivity index (χ1) is 8.74. The maximum atomic E-state index is 12.0. The van der Waals surface area contributed by atoms with Crippen LogP contribution < -0.4 is 5.32 Å². The standard InChI is InChI=1S/C10H12F3IN4O/c1-18-4-7(9(14)17-18)8(19)6(2-15)3-16-5-10(11,12)13/h2-4,8,15-16,19H,5H2,1H3/b6-3+,15-2?. The van der Waals surface area contributed by atoms with E-state index in [1.807, 2.05) is 27.9 Å². The molecule has 1 aromatic heterocycles. The molecule has 1 heterocycles. The number of aromatic nitrogens is 2. The molecule has 1 aromatic rings. The topological polar surface area (TPSA) is 73.9 Å². The van der Waals surface area contributed by atoms with Gasteiger partial charge in [0, 0.05) is 36.8 Å². The fourth-order valence-electron chi connectivity index (χ4n) is 1.33. The van der Waals surface area contributed by atoms with Crippen LogP contribution in [-0.2, 0) is 7.05 Å². The SMILES string of the molecule is Cn1cc(C(O)/C(C=N)=C/NCC(F)(F)F)c(I)n1. The molecule has 0 amide bonds. The molecule has 5 nitrogen and oxygen atoms in total. The summed E-state index contributed by atoms with van der Waals surface area (Å²) in [6, 6.07) is 0. The van der Waals surface area contributed by atoms with Crippen molar-refractivity contribution >= 4 is 28.8 Å². The summed E-state index contributed by atoms with van der Waals surface area (Å²) in [6.45, 7) is -1.22. The lowest BCUT2D eigenvalue weighted by atomic mass is 10.1. The molecule has 0 aliphatic carbocycles. The third kappa shape index (κ3) is 4.82. The number of aryl methyl sites for hydroxylation is 1. The number of aliphatic hydroxyl groups is 1. The van der Waals surface area contributed by atoms with E-state index < -0.39 is 18.8 Å². The van der Waals surface area contributed by atoms with Crippen LogP contribution in [0.4, 0.5) is 13.2 Å². The van der Waals surface area contributed by atoms with E-state index >= 15 is 0 Å². The van der Waals surface area contributed by atoms with E-state index in [2.05, 4.69) is 5.10 Å². The first-order valence-corrected chi connectivity index (χ1v) is 6.20. The molecule has 3 N–H and O–H groups in total. The molecule has 0 bridgehead atoms. The zero-order valence-corrected chi connectivity index (χ0v) is 12.0. The van der Waals surface area contributed by atoms with Gasteiger partial charge in [-0.1, -0.05) is 0 Å². The minimum Gasteiger partial charge on any atom is -0.383 e. The van der Waals surface area contributed by atoms with Gasteiger partial charge in [0.1, 0.15) is 16.3 Å². The lowest BCUT2D eigenvalue weighted by Gasteiger charge is -2.11. The van der Waals surface area contributed by atoms with E-state index in [0.717, 1.165) is 12.4 Å². The van der Waals surface area contributed by atoms with Gasteiger partial charge in [-0.2, -0.15) is 18.3 Å². The summed E-state index contributed by atoms with van der Waals surface area (Å²) < 4.78 is 37.9. The normalized spacial score (nSPS) is 14.3. The smallest absolute Gasteiger partial charge is 0.383 e. The van der Waals surface area contributed by atoms with E-state index in [-0.39, 0.29) is 5.57 Å².